The van der Waals surface area contributed by atoms with Crippen molar-refractivity contribution in [3.63, 3.8) is 0 Å². The van der Waals surface area contributed by atoms with Gasteiger partial charge in [-0.15, -0.1) is 5.10 Å². The highest BCUT2D eigenvalue weighted by molar-refractivity contribution is 5.81. The third-order valence-electron chi connectivity index (χ3n) is 6.27. The fraction of sp³-hybridized carbons (Fsp3) is 0.522. The van der Waals surface area contributed by atoms with Crippen LogP contribution in [0.2, 0.25) is 0 Å². The first-order valence-corrected chi connectivity index (χ1v) is 11.6. The van der Waals surface area contributed by atoms with Gasteiger partial charge in [-0.05, 0) is 38.7 Å². The lowest BCUT2D eigenvalue weighted by Crippen LogP contribution is -2.23. The van der Waals surface area contributed by atoms with E-state index in [1.54, 1.807) is 18.7 Å². The maximum Gasteiger partial charge on any atom is 0.241 e. The van der Waals surface area contributed by atoms with Gasteiger partial charge >= 0.3 is 0 Å². The Morgan fingerprint density at radius 1 is 1.26 bits per heavy atom. The van der Waals surface area contributed by atoms with Crippen LogP contribution in [0.5, 0.6) is 0 Å². The number of aryl methyl sites for hydroxylation is 1. The Bertz CT molecular complexity index is 1250. The van der Waals surface area contributed by atoms with Crippen LogP contribution in [0.4, 0.5) is 5.95 Å². The molecule has 0 bridgehead atoms. The highest BCUT2D eigenvalue weighted by atomic mass is 16.5. The van der Waals surface area contributed by atoms with E-state index in [-0.39, 0.29) is 12.1 Å². The molecule has 0 aromatic carbocycles. The van der Waals surface area contributed by atoms with Crippen molar-refractivity contribution in [3.05, 3.63) is 42.1 Å². The van der Waals surface area contributed by atoms with E-state index >= 15 is 0 Å². The van der Waals surface area contributed by atoms with Crippen LogP contribution in [0.3, 0.4) is 0 Å². The van der Waals surface area contributed by atoms with Crippen LogP contribution in [0, 0.1) is 6.92 Å². The zero-order valence-electron chi connectivity index (χ0n) is 19.7. The molecule has 11 heteroatoms. The van der Waals surface area contributed by atoms with Crippen LogP contribution in [0.25, 0.3) is 16.6 Å². The molecule has 1 saturated carbocycles. The highest BCUT2D eigenvalue weighted by Gasteiger charge is 2.26. The molecule has 0 saturated heterocycles. The number of aliphatic hydroxyl groups excluding tert-OH is 1. The van der Waals surface area contributed by atoms with Gasteiger partial charge in [-0.2, -0.15) is 10.1 Å². The summed E-state index contributed by atoms with van der Waals surface area (Å²) in [6.07, 6.45) is 8.91. The summed E-state index contributed by atoms with van der Waals surface area (Å²) in [5.41, 5.74) is 4.04. The Morgan fingerprint density at radius 2 is 2.09 bits per heavy atom. The zero-order valence-corrected chi connectivity index (χ0v) is 19.7. The van der Waals surface area contributed by atoms with E-state index in [9.17, 15) is 5.11 Å². The molecule has 1 aliphatic rings. The molecule has 0 aliphatic heterocycles. The molecular weight excluding hydrogens is 436 g/mol. The average Bonchev–Trinajstić information content (AvgIpc) is 3.53. The molecule has 0 unspecified atom stereocenters. The van der Waals surface area contributed by atoms with Gasteiger partial charge in [0, 0.05) is 49.0 Å². The van der Waals surface area contributed by atoms with Crippen LogP contribution < -0.4 is 5.32 Å². The van der Waals surface area contributed by atoms with Gasteiger partial charge in [0.2, 0.25) is 11.8 Å². The topological polar surface area (TPSA) is 128 Å². The molecule has 1 fully saturated rings. The lowest BCUT2D eigenvalue weighted by molar-refractivity contribution is 0.121. The number of hydrogen-bond acceptors (Lipinski definition) is 9. The minimum Gasteiger partial charge on any atom is -0.393 e. The van der Waals surface area contributed by atoms with Gasteiger partial charge < -0.3 is 19.7 Å². The number of nitrogens with one attached hydrogen (secondary N) is 1. The molecule has 4 aromatic heterocycles. The first-order chi connectivity index (χ1) is 16.5. The Kier molecular flexibility index (Phi) is 6.29. The summed E-state index contributed by atoms with van der Waals surface area (Å²) in [6.45, 7) is 4.79. The van der Waals surface area contributed by atoms with E-state index in [0.717, 1.165) is 48.0 Å². The molecule has 2 N–H and O–H groups in total. The quantitative estimate of drug-likeness (QED) is 0.403. The lowest BCUT2D eigenvalue weighted by atomic mass is 9.85. The summed E-state index contributed by atoms with van der Waals surface area (Å²) in [5, 5.41) is 26.6. The Balaban J connectivity index is 1.50. The monoisotopic (exact) mass is 466 g/mol. The maximum absolute atomic E-state index is 10.0. The van der Waals surface area contributed by atoms with Crippen molar-refractivity contribution in [1.29, 1.82) is 0 Å². The predicted octanol–water partition coefficient (Wildman–Crippen LogP) is 2.80. The van der Waals surface area contributed by atoms with E-state index in [0.29, 0.717) is 36.7 Å². The summed E-state index contributed by atoms with van der Waals surface area (Å²) in [7, 11) is 1.68. The Morgan fingerprint density at radius 3 is 2.82 bits per heavy atom. The van der Waals surface area contributed by atoms with Gasteiger partial charge in [0.15, 0.2) is 5.82 Å². The second kappa shape index (κ2) is 9.51. The molecule has 1 atom stereocenters. The normalized spacial score (nSPS) is 19.5. The van der Waals surface area contributed by atoms with Gasteiger partial charge in [0.1, 0.15) is 6.54 Å². The van der Waals surface area contributed by atoms with E-state index in [4.69, 9.17) is 14.4 Å². The molecule has 0 spiro atoms. The number of aliphatic hydroxyl groups is 1. The van der Waals surface area contributed by atoms with Gasteiger partial charge in [-0.3, -0.25) is 4.68 Å². The Labute approximate surface area is 197 Å². The number of rotatable bonds is 8. The van der Waals surface area contributed by atoms with Gasteiger partial charge in [0.25, 0.3) is 0 Å². The summed E-state index contributed by atoms with van der Waals surface area (Å²) in [6, 6.07) is 2.27. The van der Waals surface area contributed by atoms with Crippen molar-refractivity contribution in [2.24, 2.45) is 0 Å². The average molecular weight is 467 g/mol. The smallest absolute Gasteiger partial charge is 0.241 e. The van der Waals surface area contributed by atoms with Crippen LogP contribution >= 0.6 is 0 Å². The SMILES string of the molecule is COC[C@H](C)Nc1ncc2c(-c3cnn(Cc4noc(C)n4)c3)cc([C@H]3CC[C@H](O)CC3)n2n1. The van der Waals surface area contributed by atoms with E-state index < -0.39 is 0 Å². The molecular formula is C23H30N8O3. The second-order valence-electron chi connectivity index (χ2n) is 9.02. The minimum absolute atomic E-state index is 0.0813. The fourth-order valence-corrected chi connectivity index (χ4v) is 4.63. The molecule has 4 aromatic rings. The van der Waals surface area contributed by atoms with Crippen LogP contribution in [-0.2, 0) is 11.3 Å². The fourth-order valence-electron chi connectivity index (χ4n) is 4.63. The molecule has 0 radical (unpaired) electrons. The number of ether oxygens (including phenoxy) is 1. The second-order valence-corrected chi connectivity index (χ2v) is 9.02. The summed E-state index contributed by atoms with van der Waals surface area (Å²) >= 11 is 0. The van der Waals surface area contributed by atoms with Crippen molar-refractivity contribution < 1.29 is 14.4 Å². The molecule has 1 aliphatic carbocycles. The molecule has 11 nitrogen and oxygen atoms in total. The zero-order chi connectivity index (χ0) is 23.7. The number of fused-ring (bicyclic) bond motifs is 1. The molecule has 180 valence electrons. The molecule has 4 heterocycles. The van der Waals surface area contributed by atoms with E-state index in [2.05, 4.69) is 31.6 Å². The Hall–Kier alpha value is -3.31. The number of aromatic nitrogens is 7. The van der Waals surface area contributed by atoms with Crippen LogP contribution in [0.1, 0.15) is 55.9 Å². The van der Waals surface area contributed by atoms with Crippen molar-refractivity contribution >= 4 is 11.5 Å². The van der Waals surface area contributed by atoms with Gasteiger partial charge in [-0.25, -0.2) is 9.50 Å². The van der Waals surface area contributed by atoms with Crippen molar-refractivity contribution in [1.82, 2.24) is 34.5 Å². The van der Waals surface area contributed by atoms with E-state index in [1.165, 1.54) is 0 Å². The number of hydrogen-bond donors (Lipinski definition) is 2. The molecule has 5 rings (SSSR count). The maximum atomic E-state index is 10.0. The standard InChI is InChI=1S/C23H30N8O3/c1-14(13-33-3)26-23-24-10-21-19(8-20(31(21)28-23)16-4-6-18(32)7-5-16)17-9-25-30(11-17)12-22-27-15(2)34-29-22/h8-11,14,16,18,32H,4-7,12-13H2,1-3H3,(H,26,28)/t14-,16-,18-/m0/s1. The molecule has 34 heavy (non-hydrogen) atoms. The number of nitrogens with zero attached hydrogens (tertiary/aromatic N) is 7. The third kappa shape index (κ3) is 4.66. The number of anilines is 1. The highest BCUT2D eigenvalue weighted by Crippen LogP contribution is 2.37. The van der Waals surface area contributed by atoms with Crippen molar-refractivity contribution in [3.8, 4) is 11.1 Å². The first-order valence-electron chi connectivity index (χ1n) is 11.6. The molecule has 0 amide bonds. The van der Waals surface area contributed by atoms with Crippen LogP contribution in [-0.4, -0.2) is 65.5 Å². The number of methoxy groups -OCH3 is 1. The van der Waals surface area contributed by atoms with Crippen LogP contribution in [0.15, 0.2) is 29.2 Å². The predicted molar refractivity (Wildman–Crippen MR) is 125 cm³/mol. The summed E-state index contributed by atoms with van der Waals surface area (Å²) in [5.74, 6) is 1.99. The largest absolute Gasteiger partial charge is 0.393 e. The third-order valence-corrected chi connectivity index (χ3v) is 6.27. The first kappa shape index (κ1) is 22.5. The van der Waals surface area contributed by atoms with Gasteiger partial charge in [-0.1, -0.05) is 5.16 Å². The van der Waals surface area contributed by atoms with Gasteiger partial charge in [0.05, 0.1) is 30.6 Å². The van der Waals surface area contributed by atoms with Crippen molar-refractivity contribution in [2.45, 2.75) is 64.1 Å². The summed E-state index contributed by atoms with van der Waals surface area (Å²) in [4.78, 5) is 8.82. The minimum atomic E-state index is -0.212. The van der Waals surface area contributed by atoms with E-state index in [1.807, 2.05) is 30.0 Å². The summed E-state index contributed by atoms with van der Waals surface area (Å²) < 4.78 is 14.1. The lowest BCUT2D eigenvalue weighted by Gasteiger charge is -2.25. The van der Waals surface area contributed by atoms with Crippen molar-refractivity contribution in [2.75, 3.05) is 19.0 Å².